The van der Waals surface area contributed by atoms with Crippen LogP contribution < -0.4 is 0 Å². The molecule has 0 saturated heterocycles. The molecule has 0 atom stereocenters. The van der Waals surface area contributed by atoms with Crippen LogP contribution in [0.15, 0.2) is 103 Å². The quantitative estimate of drug-likeness (QED) is 0.231. The van der Waals surface area contributed by atoms with Crippen molar-refractivity contribution in [3.63, 3.8) is 0 Å². The molecule has 172 valence electrons. The van der Waals surface area contributed by atoms with E-state index in [0.29, 0.717) is 0 Å². The summed E-state index contributed by atoms with van der Waals surface area (Å²) >= 11 is 1.23. The summed E-state index contributed by atoms with van der Waals surface area (Å²) in [4.78, 5) is 14.9. The van der Waals surface area contributed by atoms with Crippen molar-refractivity contribution in [2.24, 2.45) is 0 Å². The fourth-order valence-electron chi connectivity index (χ4n) is 5.25. The van der Waals surface area contributed by atoms with Gasteiger partial charge in [-0.3, -0.25) is 4.98 Å². The summed E-state index contributed by atoms with van der Waals surface area (Å²) in [6.07, 6.45) is 1.82. The van der Waals surface area contributed by atoms with Crippen LogP contribution in [0, 0.1) is 0 Å². The van der Waals surface area contributed by atoms with E-state index >= 15 is 0 Å². The highest BCUT2D eigenvalue weighted by molar-refractivity contribution is 7.00. The Morgan fingerprint density at radius 2 is 1.35 bits per heavy atom. The molecule has 6 heteroatoms. The molecule has 37 heavy (non-hydrogen) atoms. The number of fused-ring (bicyclic) bond motifs is 8. The fourth-order valence-corrected chi connectivity index (χ4v) is 5.82. The van der Waals surface area contributed by atoms with Crippen molar-refractivity contribution >= 4 is 66.2 Å². The lowest BCUT2D eigenvalue weighted by atomic mass is 9.95. The van der Waals surface area contributed by atoms with Gasteiger partial charge in [0.1, 0.15) is 11.0 Å². The Morgan fingerprint density at radius 1 is 0.568 bits per heavy atom. The summed E-state index contributed by atoms with van der Waals surface area (Å²) in [6.45, 7) is 0. The maximum Gasteiger partial charge on any atom is 0.114 e. The van der Waals surface area contributed by atoms with Crippen LogP contribution in [0.25, 0.3) is 77.0 Å². The molecule has 0 amide bonds. The van der Waals surface area contributed by atoms with E-state index < -0.39 is 0 Å². The zero-order valence-corrected chi connectivity index (χ0v) is 20.3. The number of benzene rings is 4. The third-order valence-electron chi connectivity index (χ3n) is 6.95. The number of para-hydroxylation sites is 1. The summed E-state index contributed by atoms with van der Waals surface area (Å²) in [5, 5.41) is 5.31. The predicted molar refractivity (Wildman–Crippen MR) is 152 cm³/mol. The molecule has 0 unspecified atom stereocenters. The largest absolute Gasteiger partial charge is 0.254 e. The highest BCUT2D eigenvalue weighted by Crippen LogP contribution is 2.40. The molecule has 4 aromatic carbocycles. The third-order valence-corrected chi connectivity index (χ3v) is 7.48. The Labute approximate surface area is 215 Å². The molecular formula is C31H17N5S. The van der Waals surface area contributed by atoms with Gasteiger partial charge in [-0.15, -0.1) is 0 Å². The summed E-state index contributed by atoms with van der Waals surface area (Å²) in [6, 6.07) is 33.1. The highest BCUT2D eigenvalue weighted by atomic mass is 32.1. The summed E-state index contributed by atoms with van der Waals surface area (Å²) in [5.74, 6) is 0. The van der Waals surface area contributed by atoms with Crippen molar-refractivity contribution in [2.45, 2.75) is 0 Å². The third kappa shape index (κ3) is 3.06. The van der Waals surface area contributed by atoms with E-state index in [9.17, 15) is 0 Å². The first-order valence-corrected chi connectivity index (χ1v) is 12.8. The molecule has 0 saturated carbocycles. The molecule has 0 aliphatic heterocycles. The van der Waals surface area contributed by atoms with Crippen LogP contribution in [-0.4, -0.2) is 23.7 Å². The normalized spacial score (nSPS) is 11.8. The average molecular weight is 492 g/mol. The topological polar surface area (TPSA) is 64.5 Å². The van der Waals surface area contributed by atoms with Gasteiger partial charge in [-0.25, -0.2) is 9.97 Å². The summed E-state index contributed by atoms with van der Waals surface area (Å²) in [7, 11) is 0. The van der Waals surface area contributed by atoms with Crippen LogP contribution in [0.5, 0.6) is 0 Å². The van der Waals surface area contributed by atoms with Crippen LogP contribution in [-0.2, 0) is 0 Å². The van der Waals surface area contributed by atoms with Gasteiger partial charge in [-0.1, -0.05) is 72.8 Å². The maximum atomic E-state index is 5.13. The van der Waals surface area contributed by atoms with E-state index in [1.165, 1.54) is 11.7 Å². The lowest BCUT2D eigenvalue weighted by Crippen LogP contribution is -1.94. The molecule has 0 spiro atoms. The lowest BCUT2D eigenvalue weighted by molar-refractivity contribution is 1.37. The smallest absolute Gasteiger partial charge is 0.114 e. The minimum atomic E-state index is 0.845. The Bertz CT molecular complexity index is 2150. The highest BCUT2D eigenvalue weighted by Gasteiger charge is 2.20. The van der Waals surface area contributed by atoms with Gasteiger partial charge >= 0.3 is 0 Å². The first-order valence-electron chi connectivity index (χ1n) is 12.0. The molecule has 0 bridgehead atoms. The van der Waals surface area contributed by atoms with Crippen molar-refractivity contribution in [3.8, 4) is 22.5 Å². The summed E-state index contributed by atoms with van der Waals surface area (Å²) < 4.78 is 9.54. The number of aromatic nitrogens is 5. The van der Waals surface area contributed by atoms with Gasteiger partial charge in [-0.2, -0.15) is 8.75 Å². The van der Waals surface area contributed by atoms with E-state index in [0.717, 1.165) is 77.0 Å². The van der Waals surface area contributed by atoms with Gasteiger partial charge in [0.25, 0.3) is 0 Å². The van der Waals surface area contributed by atoms with E-state index in [2.05, 4.69) is 65.6 Å². The molecule has 0 N–H and O–H groups in total. The van der Waals surface area contributed by atoms with Crippen molar-refractivity contribution in [3.05, 3.63) is 103 Å². The second-order valence-electron chi connectivity index (χ2n) is 9.06. The van der Waals surface area contributed by atoms with Crippen molar-refractivity contribution in [1.82, 2.24) is 23.7 Å². The molecule has 0 aliphatic rings. The average Bonchev–Trinajstić information content (AvgIpc) is 3.46. The predicted octanol–water partition coefficient (Wildman–Crippen LogP) is 7.82. The van der Waals surface area contributed by atoms with Gasteiger partial charge in [0.15, 0.2) is 0 Å². The number of rotatable bonds is 2. The SMILES string of the molecule is c1ccc(-c2nc3ccccc3c3c2cc(-c2ccc4ccc5cccnc5c4n2)c2nsnc23)cc1. The van der Waals surface area contributed by atoms with E-state index in [4.69, 9.17) is 18.7 Å². The number of hydrogen-bond donors (Lipinski definition) is 0. The second-order valence-corrected chi connectivity index (χ2v) is 9.59. The number of hydrogen-bond acceptors (Lipinski definition) is 6. The van der Waals surface area contributed by atoms with Crippen molar-refractivity contribution < 1.29 is 0 Å². The molecule has 8 rings (SSSR count). The maximum absolute atomic E-state index is 5.13. The molecule has 4 heterocycles. The van der Waals surface area contributed by atoms with Crippen LogP contribution in [0.2, 0.25) is 0 Å². The van der Waals surface area contributed by atoms with Gasteiger partial charge in [0, 0.05) is 44.3 Å². The van der Waals surface area contributed by atoms with Crippen LogP contribution in [0.3, 0.4) is 0 Å². The molecule has 0 aliphatic carbocycles. The van der Waals surface area contributed by atoms with Gasteiger partial charge in [0.05, 0.1) is 39.7 Å². The zero-order valence-electron chi connectivity index (χ0n) is 19.5. The zero-order chi connectivity index (χ0) is 24.3. The number of pyridine rings is 3. The van der Waals surface area contributed by atoms with Crippen LogP contribution in [0.4, 0.5) is 0 Å². The molecule has 8 aromatic rings. The minimum absolute atomic E-state index is 0.845. The van der Waals surface area contributed by atoms with Crippen LogP contribution >= 0.6 is 11.7 Å². The monoisotopic (exact) mass is 491 g/mol. The summed E-state index contributed by atoms with van der Waals surface area (Å²) in [5.41, 5.74) is 8.24. The Kier molecular flexibility index (Phi) is 4.32. The van der Waals surface area contributed by atoms with Crippen LogP contribution in [0.1, 0.15) is 0 Å². The second kappa shape index (κ2) is 7.85. The molecule has 0 fully saturated rings. The van der Waals surface area contributed by atoms with Gasteiger partial charge in [0.2, 0.25) is 0 Å². The molecule has 0 radical (unpaired) electrons. The lowest BCUT2D eigenvalue weighted by Gasteiger charge is -2.13. The standard InChI is InChI=1S/C31H17N5S/c1-2-7-18(8-3-1)27-23-17-22(25-15-14-20-13-12-19-9-6-16-32-28(19)29(20)34-25)30-31(36-37-35-30)26(23)21-10-4-5-11-24(21)33-27/h1-17H. The van der Waals surface area contributed by atoms with E-state index in [1.54, 1.807) is 0 Å². The van der Waals surface area contributed by atoms with Crippen molar-refractivity contribution in [2.75, 3.05) is 0 Å². The Balaban J connectivity index is 1.51. The molecular weight excluding hydrogens is 474 g/mol. The first kappa shape index (κ1) is 20.4. The molecule has 5 nitrogen and oxygen atoms in total. The Morgan fingerprint density at radius 3 is 2.27 bits per heavy atom. The number of nitrogens with zero attached hydrogens (tertiary/aromatic N) is 5. The Hall–Kier alpha value is -4.81. The molecule has 4 aromatic heterocycles. The van der Waals surface area contributed by atoms with Crippen molar-refractivity contribution in [1.29, 1.82) is 0 Å². The first-order chi connectivity index (χ1) is 18.3. The van der Waals surface area contributed by atoms with E-state index in [1.807, 2.05) is 42.6 Å². The van der Waals surface area contributed by atoms with E-state index in [-0.39, 0.29) is 0 Å². The fraction of sp³-hybridized carbons (Fsp3) is 0. The minimum Gasteiger partial charge on any atom is -0.254 e. The van der Waals surface area contributed by atoms with Gasteiger partial charge < -0.3 is 0 Å². The van der Waals surface area contributed by atoms with Gasteiger partial charge in [-0.05, 0) is 24.3 Å².